The molecule has 0 aliphatic heterocycles. The molecule has 0 spiro atoms. The van der Waals surface area contributed by atoms with Crippen molar-refractivity contribution in [2.75, 3.05) is 13.7 Å². The highest BCUT2D eigenvalue weighted by molar-refractivity contribution is 5.79. The smallest absolute Gasteiger partial charge is 0.248 e. The van der Waals surface area contributed by atoms with E-state index in [0.717, 1.165) is 40.2 Å². The number of nitrogens with zero attached hydrogens (tertiary/aromatic N) is 4. The number of nitrogens with one attached hydrogen (secondary N) is 1. The second-order valence-corrected chi connectivity index (χ2v) is 6.62. The number of hydrogen-bond donors (Lipinski definition) is 1. The molecule has 0 unspecified atom stereocenters. The summed E-state index contributed by atoms with van der Waals surface area (Å²) in [6, 6.07) is 16.8. The first-order valence-electron chi connectivity index (χ1n) is 9.35. The van der Waals surface area contributed by atoms with Crippen LogP contribution in [0.3, 0.4) is 0 Å². The average Bonchev–Trinajstić information content (AvgIpc) is 3.18. The second kappa shape index (κ2) is 8.55. The van der Waals surface area contributed by atoms with Crippen LogP contribution in [-0.4, -0.2) is 38.9 Å². The lowest BCUT2D eigenvalue weighted by atomic mass is 10.2. The minimum absolute atomic E-state index is 0.112. The summed E-state index contributed by atoms with van der Waals surface area (Å²) >= 11 is 0. The molecule has 2 aromatic carbocycles. The van der Waals surface area contributed by atoms with Gasteiger partial charge in [-0.05, 0) is 58.8 Å². The molecule has 29 heavy (non-hydrogen) atoms. The van der Waals surface area contributed by atoms with Crippen LogP contribution < -0.4 is 15.0 Å². The van der Waals surface area contributed by atoms with Crippen molar-refractivity contribution in [2.24, 2.45) is 0 Å². The molecule has 2 aromatic heterocycles. The van der Waals surface area contributed by atoms with Crippen molar-refractivity contribution in [2.45, 2.75) is 19.4 Å². The molecule has 1 N–H and O–H groups in total. The molecule has 0 fully saturated rings. The molecule has 0 amide bonds. The van der Waals surface area contributed by atoms with Gasteiger partial charge in [-0.1, -0.05) is 12.1 Å². The van der Waals surface area contributed by atoms with Crippen LogP contribution in [0.2, 0.25) is 0 Å². The molecule has 4 rings (SSSR count). The first-order valence-corrected chi connectivity index (χ1v) is 9.35. The maximum atomic E-state index is 11.4. The van der Waals surface area contributed by atoms with Crippen molar-refractivity contribution < 1.29 is 9.47 Å². The zero-order valence-electron chi connectivity index (χ0n) is 16.0. The van der Waals surface area contributed by atoms with Crippen molar-refractivity contribution in [3.63, 3.8) is 0 Å². The van der Waals surface area contributed by atoms with E-state index in [4.69, 9.17) is 9.47 Å². The zero-order valence-corrected chi connectivity index (χ0v) is 16.0. The van der Waals surface area contributed by atoms with Gasteiger partial charge in [-0.25, -0.2) is 4.68 Å². The van der Waals surface area contributed by atoms with E-state index in [-0.39, 0.29) is 5.56 Å². The van der Waals surface area contributed by atoms with Crippen LogP contribution in [0.1, 0.15) is 17.8 Å². The Kier molecular flexibility index (Phi) is 5.51. The predicted octanol–water partition coefficient (Wildman–Crippen LogP) is 2.58. The first kappa shape index (κ1) is 18.7. The van der Waals surface area contributed by atoms with Gasteiger partial charge >= 0.3 is 0 Å². The van der Waals surface area contributed by atoms with Crippen LogP contribution in [0.4, 0.5) is 0 Å². The molecule has 2 heterocycles. The van der Waals surface area contributed by atoms with Gasteiger partial charge in [-0.2, -0.15) is 0 Å². The molecular weight excluding hydrogens is 370 g/mol. The average molecular weight is 391 g/mol. The van der Waals surface area contributed by atoms with E-state index in [2.05, 4.69) is 20.5 Å². The lowest BCUT2D eigenvalue weighted by molar-refractivity contribution is 0.309. The summed E-state index contributed by atoms with van der Waals surface area (Å²) in [5, 5.41) is 12.9. The lowest BCUT2D eigenvalue weighted by Crippen LogP contribution is -2.09. The van der Waals surface area contributed by atoms with E-state index < -0.39 is 0 Å². The van der Waals surface area contributed by atoms with E-state index in [1.165, 1.54) is 6.07 Å². The number of methoxy groups -OCH3 is 1. The van der Waals surface area contributed by atoms with Crippen molar-refractivity contribution in [1.82, 2.24) is 25.2 Å². The number of ether oxygens (including phenoxy) is 2. The maximum absolute atomic E-state index is 11.4. The Balaban J connectivity index is 1.31. The third-order valence-electron chi connectivity index (χ3n) is 4.61. The SMILES string of the molecule is COc1ccc(Cn2nnnc2CCCOc2ccc3[nH]c(=O)ccc3c2)cc1. The molecular formula is C21H21N5O3. The Labute approximate surface area is 167 Å². The summed E-state index contributed by atoms with van der Waals surface area (Å²) < 4.78 is 12.8. The van der Waals surface area contributed by atoms with E-state index in [9.17, 15) is 4.79 Å². The number of aryl methyl sites for hydroxylation is 1. The van der Waals surface area contributed by atoms with Crippen molar-refractivity contribution in [3.05, 3.63) is 76.3 Å². The van der Waals surface area contributed by atoms with Crippen molar-refractivity contribution >= 4 is 10.9 Å². The van der Waals surface area contributed by atoms with Crippen LogP contribution in [0.25, 0.3) is 10.9 Å². The molecule has 0 atom stereocenters. The molecule has 0 radical (unpaired) electrons. The van der Waals surface area contributed by atoms with E-state index >= 15 is 0 Å². The normalized spacial score (nSPS) is 10.9. The monoisotopic (exact) mass is 391 g/mol. The molecule has 0 aliphatic carbocycles. The number of fused-ring (bicyclic) bond motifs is 1. The molecule has 8 heteroatoms. The number of hydrogen-bond acceptors (Lipinski definition) is 6. The maximum Gasteiger partial charge on any atom is 0.248 e. The van der Waals surface area contributed by atoms with Gasteiger partial charge in [0.15, 0.2) is 5.82 Å². The fourth-order valence-electron chi connectivity index (χ4n) is 3.07. The van der Waals surface area contributed by atoms with E-state index in [1.54, 1.807) is 17.9 Å². The fourth-order valence-corrected chi connectivity index (χ4v) is 3.07. The first-order chi connectivity index (χ1) is 14.2. The van der Waals surface area contributed by atoms with Crippen LogP contribution >= 0.6 is 0 Å². The van der Waals surface area contributed by atoms with Gasteiger partial charge in [0.05, 0.1) is 20.3 Å². The van der Waals surface area contributed by atoms with Crippen LogP contribution in [0, 0.1) is 0 Å². The summed E-state index contributed by atoms with van der Waals surface area (Å²) in [7, 11) is 1.65. The summed E-state index contributed by atoms with van der Waals surface area (Å²) in [5.41, 5.74) is 1.78. The third kappa shape index (κ3) is 4.60. The van der Waals surface area contributed by atoms with Gasteiger partial charge in [-0.15, -0.1) is 5.10 Å². The van der Waals surface area contributed by atoms with Crippen LogP contribution in [-0.2, 0) is 13.0 Å². The minimum Gasteiger partial charge on any atom is -0.497 e. The fraction of sp³-hybridized carbons (Fsp3) is 0.238. The molecule has 148 valence electrons. The summed E-state index contributed by atoms with van der Waals surface area (Å²) in [6.07, 6.45) is 1.50. The quantitative estimate of drug-likeness (QED) is 0.464. The third-order valence-corrected chi connectivity index (χ3v) is 4.61. The van der Waals surface area contributed by atoms with Gasteiger partial charge in [0.25, 0.3) is 0 Å². The van der Waals surface area contributed by atoms with Gasteiger partial charge < -0.3 is 14.5 Å². The molecule has 0 saturated carbocycles. The number of aromatic nitrogens is 5. The van der Waals surface area contributed by atoms with Gasteiger partial charge in [-0.3, -0.25) is 4.79 Å². The van der Waals surface area contributed by atoms with Gasteiger partial charge in [0, 0.05) is 23.4 Å². The highest BCUT2D eigenvalue weighted by Gasteiger charge is 2.07. The van der Waals surface area contributed by atoms with Gasteiger partial charge in [0.2, 0.25) is 5.56 Å². The van der Waals surface area contributed by atoms with E-state index in [1.807, 2.05) is 42.5 Å². The summed E-state index contributed by atoms with van der Waals surface area (Å²) in [6.45, 7) is 1.15. The summed E-state index contributed by atoms with van der Waals surface area (Å²) in [5.74, 6) is 2.41. The zero-order chi connectivity index (χ0) is 20.1. The number of benzene rings is 2. The summed E-state index contributed by atoms with van der Waals surface area (Å²) in [4.78, 5) is 14.1. The Hall–Kier alpha value is -3.68. The molecule has 8 nitrogen and oxygen atoms in total. The number of tetrazole rings is 1. The van der Waals surface area contributed by atoms with Gasteiger partial charge in [0.1, 0.15) is 11.5 Å². The highest BCUT2D eigenvalue weighted by atomic mass is 16.5. The molecule has 4 aromatic rings. The largest absolute Gasteiger partial charge is 0.497 e. The molecule has 0 bridgehead atoms. The minimum atomic E-state index is -0.112. The Bertz CT molecular complexity index is 1150. The molecule has 0 aliphatic rings. The number of pyridine rings is 1. The van der Waals surface area contributed by atoms with Crippen LogP contribution in [0.15, 0.2) is 59.4 Å². The van der Waals surface area contributed by atoms with E-state index in [0.29, 0.717) is 19.6 Å². The number of H-pyrrole nitrogens is 1. The van der Waals surface area contributed by atoms with Crippen molar-refractivity contribution in [1.29, 1.82) is 0 Å². The second-order valence-electron chi connectivity index (χ2n) is 6.62. The Morgan fingerprint density at radius 2 is 1.86 bits per heavy atom. The Morgan fingerprint density at radius 1 is 1.03 bits per heavy atom. The highest BCUT2D eigenvalue weighted by Crippen LogP contribution is 2.18. The predicted molar refractivity (Wildman–Crippen MR) is 108 cm³/mol. The molecule has 0 saturated heterocycles. The number of rotatable bonds is 8. The number of aromatic amines is 1. The van der Waals surface area contributed by atoms with Crippen molar-refractivity contribution in [3.8, 4) is 11.5 Å². The Morgan fingerprint density at radius 3 is 2.69 bits per heavy atom. The lowest BCUT2D eigenvalue weighted by Gasteiger charge is -2.08. The topological polar surface area (TPSA) is 94.9 Å². The van der Waals surface area contributed by atoms with Crippen LogP contribution in [0.5, 0.6) is 11.5 Å². The standard InChI is InChI=1S/C21H21N5O3/c1-28-17-7-4-15(5-8-17)14-26-20(23-24-25-26)3-2-12-29-18-9-10-19-16(13-18)6-11-21(27)22-19/h4-11,13H,2-3,12,14H2,1H3,(H,22,27).